The summed E-state index contributed by atoms with van der Waals surface area (Å²) in [6.07, 6.45) is 8.08. The first-order valence-corrected chi connectivity index (χ1v) is 11.8. The number of aromatic nitrogens is 1. The van der Waals surface area contributed by atoms with E-state index in [0.29, 0.717) is 19.1 Å². The second-order valence-corrected chi connectivity index (χ2v) is 9.65. The molecule has 0 aliphatic carbocycles. The maximum atomic E-state index is 12.7. The van der Waals surface area contributed by atoms with Crippen molar-refractivity contribution in [3.05, 3.63) is 40.5 Å². The Balaban J connectivity index is 1.88. The van der Waals surface area contributed by atoms with Crippen molar-refractivity contribution >= 4 is 17.4 Å². The Morgan fingerprint density at radius 3 is 2.73 bits per heavy atom. The molecule has 0 aromatic carbocycles. The molecule has 2 N–H and O–H groups in total. The lowest BCUT2D eigenvalue weighted by atomic mass is 9.93. The Morgan fingerprint density at radius 2 is 2.03 bits per heavy atom. The van der Waals surface area contributed by atoms with E-state index in [4.69, 9.17) is 4.74 Å². The first-order chi connectivity index (χ1) is 14.5. The molecular weight excluding hydrogens is 396 g/mol. The molecule has 30 heavy (non-hydrogen) atoms. The van der Waals surface area contributed by atoms with Gasteiger partial charge < -0.3 is 24.8 Å². The third kappa shape index (κ3) is 5.86. The molecule has 166 valence electrons. The Labute approximate surface area is 184 Å². The van der Waals surface area contributed by atoms with Gasteiger partial charge in [0.1, 0.15) is 5.00 Å². The number of hydrogen-bond donors (Lipinski definition) is 2. The van der Waals surface area contributed by atoms with Gasteiger partial charge in [0, 0.05) is 56.2 Å². The van der Waals surface area contributed by atoms with Gasteiger partial charge in [-0.15, -0.1) is 11.3 Å². The molecule has 2 aromatic heterocycles. The Kier molecular flexibility index (Phi) is 8.36. The highest BCUT2D eigenvalue weighted by Gasteiger charge is 2.29. The standard InChI is InChI=1S/C23H36N4O2S/c1-17(2)8-9-19(25-23(28)24-11-7-15-29-4)21-18-10-14-26(3)16-20(18)30-22(21)27-12-5-6-13-27/h5-6,12-13,17,19H,7-11,14-16H2,1-4H3,(H2,24,25,28)/t19-/m0/s1. The van der Waals surface area contributed by atoms with Gasteiger partial charge in [-0.2, -0.15) is 0 Å². The fourth-order valence-electron chi connectivity index (χ4n) is 3.98. The lowest BCUT2D eigenvalue weighted by Crippen LogP contribution is -2.39. The number of nitrogens with one attached hydrogen (secondary N) is 2. The van der Waals surface area contributed by atoms with Crippen LogP contribution in [0.25, 0.3) is 5.00 Å². The van der Waals surface area contributed by atoms with Crippen LogP contribution in [0.3, 0.4) is 0 Å². The van der Waals surface area contributed by atoms with Crippen molar-refractivity contribution in [3.63, 3.8) is 0 Å². The number of ether oxygens (including phenoxy) is 1. The first-order valence-electron chi connectivity index (χ1n) is 11.0. The SMILES string of the molecule is COCCCNC(=O)N[C@@H](CCC(C)C)c1c(-n2cccc2)sc2c1CCN(C)C2. The van der Waals surface area contributed by atoms with Crippen LogP contribution in [-0.4, -0.2) is 49.4 Å². The lowest BCUT2D eigenvalue weighted by molar-refractivity contribution is 0.193. The maximum Gasteiger partial charge on any atom is 0.315 e. The summed E-state index contributed by atoms with van der Waals surface area (Å²) < 4.78 is 7.29. The average molecular weight is 433 g/mol. The molecule has 0 fully saturated rings. The highest BCUT2D eigenvalue weighted by Crippen LogP contribution is 2.40. The summed E-state index contributed by atoms with van der Waals surface area (Å²) in [4.78, 5) is 16.5. The van der Waals surface area contributed by atoms with Gasteiger partial charge >= 0.3 is 6.03 Å². The van der Waals surface area contributed by atoms with Crippen LogP contribution in [0.5, 0.6) is 0 Å². The summed E-state index contributed by atoms with van der Waals surface area (Å²) in [5.41, 5.74) is 2.75. The zero-order valence-corrected chi connectivity index (χ0v) is 19.6. The van der Waals surface area contributed by atoms with E-state index in [2.05, 4.69) is 65.5 Å². The second-order valence-electron chi connectivity index (χ2n) is 8.57. The third-order valence-corrected chi connectivity index (χ3v) is 6.85. The average Bonchev–Trinajstić information content (AvgIpc) is 3.35. The predicted molar refractivity (Wildman–Crippen MR) is 124 cm³/mol. The van der Waals surface area contributed by atoms with Crippen molar-refractivity contribution < 1.29 is 9.53 Å². The lowest BCUT2D eigenvalue weighted by Gasteiger charge is -2.26. The van der Waals surface area contributed by atoms with Crippen molar-refractivity contribution in [3.8, 4) is 5.00 Å². The molecule has 0 spiro atoms. The van der Waals surface area contributed by atoms with Crippen molar-refractivity contribution in [2.75, 3.05) is 33.9 Å². The van der Waals surface area contributed by atoms with Crippen LogP contribution in [0.4, 0.5) is 4.79 Å². The van der Waals surface area contributed by atoms with E-state index in [1.165, 1.54) is 21.0 Å². The van der Waals surface area contributed by atoms with Crippen LogP contribution < -0.4 is 10.6 Å². The zero-order valence-electron chi connectivity index (χ0n) is 18.7. The molecule has 0 radical (unpaired) electrons. The molecule has 3 rings (SSSR count). The number of hydrogen-bond acceptors (Lipinski definition) is 4. The summed E-state index contributed by atoms with van der Waals surface area (Å²) in [6.45, 7) is 7.80. The maximum absolute atomic E-state index is 12.7. The van der Waals surface area contributed by atoms with Gasteiger partial charge in [0.05, 0.1) is 6.04 Å². The van der Waals surface area contributed by atoms with Gasteiger partial charge in [-0.3, -0.25) is 0 Å². The second kappa shape index (κ2) is 11.0. The minimum absolute atomic E-state index is 0.00984. The van der Waals surface area contributed by atoms with Gasteiger partial charge in [0.15, 0.2) is 0 Å². The minimum Gasteiger partial charge on any atom is -0.385 e. The molecule has 1 aliphatic heterocycles. The molecule has 6 nitrogen and oxygen atoms in total. The number of rotatable bonds is 10. The molecule has 1 aliphatic rings. The van der Waals surface area contributed by atoms with E-state index in [0.717, 1.165) is 38.8 Å². The summed E-state index contributed by atoms with van der Waals surface area (Å²) in [5.74, 6) is 0.592. The monoisotopic (exact) mass is 432 g/mol. The minimum atomic E-state index is -0.0915. The van der Waals surface area contributed by atoms with Gasteiger partial charge in [-0.1, -0.05) is 13.8 Å². The van der Waals surface area contributed by atoms with Crippen molar-refractivity contribution in [1.29, 1.82) is 0 Å². The van der Waals surface area contributed by atoms with E-state index >= 15 is 0 Å². The Bertz CT molecular complexity index is 800. The normalized spacial score (nSPS) is 15.2. The summed E-state index contributed by atoms with van der Waals surface area (Å²) in [5, 5.41) is 7.55. The number of carbonyl (C=O) groups excluding carboxylic acids is 1. The number of fused-ring (bicyclic) bond motifs is 1. The van der Waals surface area contributed by atoms with Gasteiger partial charge in [0.2, 0.25) is 0 Å². The van der Waals surface area contributed by atoms with E-state index < -0.39 is 0 Å². The Hall–Kier alpha value is -1.83. The number of carbonyl (C=O) groups is 1. The molecule has 7 heteroatoms. The van der Waals surface area contributed by atoms with Crippen LogP contribution >= 0.6 is 11.3 Å². The van der Waals surface area contributed by atoms with Crippen molar-refractivity contribution in [2.45, 2.75) is 52.1 Å². The van der Waals surface area contributed by atoms with Crippen molar-refractivity contribution in [2.24, 2.45) is 5.92 Å². The highest BCUT2D eigenvalue weighted by atomic mass is 32.1. The number of urea groups is 1. The largest absolute Gasteiger partial charge is 0.385 e. The highest BCUT2D eigenvalue weighted by molar-refractivity contribution is 7.15. The zero-order chi connectivity index (χ0) is 21.5. The topological polar surface area (TPSA) is 58.5 Å². The summed E-state index contributed by atoms with van der Waals surface area (Å²) in [7, 11) is 3.86. The molecule has 0 saturated heterocycles. The van der Waals surface area contributed by atoms with Gasteiger partial charge in [0.25, 0.3) is 0 Å². The molecular formula is C23H36N4O2S. The Morgan fingerprint density at radius 1 is 1.27 bits per heavy atom. The molecule has 0 unspecified atom stereocenters. The van der Waals surface area contributed by atoms with Crippen LogP contribution in [0.15, 0.2) is 24.5 Å². The molecule has 0 bridgehead atoms. The molecule has 2 aromatic rings. The number of thiophene rings is 1. The molecule has 1 atom stereocenters. The van der Waals surface area contributed by atoms with E-state index in [9.17, 15) is 4.79 Å². The number of methoxy groups -OCH3 is 1. The molecule has 0 saturated carbocycles. The van der Waals surface area contributed by atoms with Crippen LogP contribution in [0.1, 0.15) is 55.2 Å². The summed E-state index contributed by atoms with van der Waals surface area (Å²) >= 11 is 1.87. The first kappa shape index (κ1) is 22.8. The molecule has 3 heterocycles. The third-order valence-electron chi connectivity index (χ3n) is 5.61. The van der Waals surface area contributed by atoms with Crippen LogP contribution in [0.2, 0.25) is 0 Å². The summed E-state index contributed by atoms with van der Waals surface area (Å²) in [6, 6.07) is 4.04. The number of nitrogens with zero attached hydrogens (tertiary/aromatic N) is 2. The fourth-order valence-corrected chi connectivity index (χ4v) is 5.43. The number of likely N-dealkylation sites (N-methyl/N-ethyl adjacent to an activating group) is 1. The van der Waals surface area contributed by atoms with E-state index in [1.807, 2.05) is 11.3 Å². The van der Waals surface area contributed by atoms with E-state index in [-0.39, 0.29) is 12.1 Å². The van der Waals surface area contributed by atoms with Crippen molar-refractivity contribution in [1.82, 2.24) is 20.1 Å². The van der Waals surface area contributed by atoms with Gasteiger partial charge in [-0.05, 0) is 56.3 Å². The number of amides is 2. The van der Waals surface area contributed by atoms with Crippen LogP contribution in [0, 0.1) is 5.92 Å². The van der Waals surface area contributed by atoms with E-state index in [1.54, 1.807) is 7.11 Å². The van der Waals surface area contributed by atoms with Crippen LogP contribution in [-0.2, 0) is 17.7 Å². The van der Waals surface area contributed by atoms with Gasteiger partial charge in [-0.25, -0.2) is 4.79 Å². The predicted octanol–water partition coefficient (Wildman–Crippen LogP) is 4.34. The quantitative estimate of drug-likeness (QED) is 0.549. The fraction of sp³-hybridized carbons (Fsp3) is 0.609. The smallest absolute Gasteiger partial charge is 0.315 e. The molecule has 2 amide bonds.